The number of aromatic nitrogens is 1. The van der Waals surface area contributed by atoms with Crippen molar-refractivity contribution in [2.75, 3.05) is 26.6 Å². The van der Waals surface area contributed by atoms with Gasteiger partial charge in [0.2, 0.25) is 5.75 Å². The summed E-state index contributed by atoms with van der Waals surface area (Å²) in [6.07, 6.45) is 1.61. The first kappa shape index (κ1) is 19.6. The number of anilines is 1. The summed E-state index contributed by atoms with van der Waals surface area (Å²) in [5, 5.41) is 6.38. The molecule has 0 spiro atoms. The van der Waals surface area contributed by atoms with E-state index in [1.165, 1.54) is 32.7 Å². The maximum atomic E-state index is 12.3. The molecule has 2 amide bonds. The van der Waals surface area contributed by atoms with E-state index in [9.17, 15) is 4.79 Å². The van der Waals surface area contributed by atoms with Gasteiger partial charge in [-0.3, -0.25) is 0 Å². The van der Waals surface area contributed by atoms with E-state index in [1.807, 2.05) is 19.1 Å². The molecule has 0 radical (unpaired) electrons. The Morgan fingerprint density at radius 2 is 1.89 bits per heavy atom. The molecule has 2 aromatic heterocycles. The number of urea groups is 1. The van der Waals surface area contributed by atoms with Gasteiger partial charge >= 0.3 is 6.03 Å². The number of aryl methyl sites for hydroxylation is 1. The number of carbonyl (C=O) groups excluding carboxylic acids is 1. The third-order valence-electron chi connectivity index (χ3n) is 3.96. The third kappa shape index (κ3) is 4.20. The van der Waals surface area contributed by atoms with Crippen molar-refractivity contribution < 1.29 is 23.4 Å². The smallest absolute Gasteiger partial charge is 0.319 e. The van der Waals surface area contributed by atoms with Crippen molar-refractivity contribution in [3.63, 3.8) is 0 Å². The van der Waals surface area contributed by atoms with Crippen molar-refractivity contribution in [1.82, 2.24) is 10.3 Å². The molecule has 0 aliphatic carbocycles. The van der Waals surface area contributed by atoms with Crippen LogP contribution in [-0.4, -0.2) is 32.3 Å². The van der Waals surface area contributed by atoms with Gasteiger partial charge in [0.15, 0.2) is 22.3 Å². The predicted molar refractivity (Wildman–Crippen MR) is 107 cm³/mol. The zero-order valence-electron chi connectivity index (χ0n) is 16.0. The van der Waals surface area contributed by atoms with E-state index in [4.69, 9.17) is 18.6 Å². The third-order valence-corrected chi connectivity index (χ3v) is 5.13. The lowest BCUT2D eigenvalue weighted by molar-refractivity contribution is 0.252. The molecular weight excluding hydrogens is 382 g/mol. The van der Waals surface area contributed by atoms with Crippen molar-refractivity contribution in [2.45, 2.75) is 13.5 Å². The number of rotatable bonds is 7. The van der Waals surface area contributed by atoms with Crippen LogP contribution < -0.4 is 24.8 Å². The summed E-state index contributed by atoms with van der Waals surface area (Å²) < 4.78 is 21.2. The molecule has 0 fully saturated rings. The summed E-state index contributed by atoms with van der Waals surface area (Å²) in [5.41, 5.74) is 1.37. The summed E-state index contributed by atoms with van der Waals surface area (Å²) in [4.78, 5) is 17.8. The standard InChI is InChI=1S/C19H21N3O5S/c1-11-16(28-18(21-11)13-6-5-7-27-13)10-20-19(23)22-12-8-14(24-2)17(26-4)15(9-12)25-3/h5-9H,10H2,1-4H3,(H2,20,22,23). The predicted octanol–water partition coefficient (Wildman–Crippen LogP) is 4.06. The van der Waals surface area contributed by atoms with E-state index in [-0.39, 0.29) is 6.03 Å². The van der Waals surface area contributed by atoms with Crippen LogP contribution in [0.3, 0.4) is 0 Å². The molecule has 0 aliphatic rings. The number of thiazole rings is 1. The Hall–Kier alpha value is -3.20. The van der Waals surface area contributed by atoms with Crippen LogP contribution in [0.2, 0.25) is 0 Å². The fourth-order valence-corrected chi connectivity index (χ4v) is 3.56. The number of carbonyl (C=O) groups is 1. The van der Waals surface area contributed by atoms with Crippen molar-refractivity contribution in [2.24, 2.45) is 0 Å². The summed E-state index contributed by atoms with van der Waals surface area (Å²) in [7, 11) is 4.56. The molecule has 0 unspecified atom stereocenters. The highest BCUT2D eigenvalue weighted by atomic mass is 32.1. The fourth-order valence-electron chi connectivity index (χ4n) is 2.59. The van der Waals surface area contributed by atoms with E-state index in [0.717, 1.165) is 15.6 Å². The molecule has 0 aliphatic heterocycles. The molecule has 0 saturated carbocycles. The van der Waals surface area contributed by atoms with Gasteiger partial charge in [-0.05, 0) is 19.1 Å². The van der Waals surface area contributed by atoms with Gasteiger partial charge < -0.3 is 29.3 Å². The molecule has 0 atom stereocenters. The first-order chi connectivity index (χ1) is 13.5. The van der Waals surface area contributed by atoms with Gasteiger partial charge in [-0.15, -0.1) is 11.3 Å². The Morgan fingerprint density at radius 3 is 2.46 bits per heavy atom. The Kier molecular flexibility index (Phi) is 6.05. The van der Waals surface area contributed by atoms with Crippen LogP contribution in [0, 0.1) is 6.92 Å². The number of benzene rings is 1. The average molecular weight is 403 g/mol. The number of amides is 2. The molecule has 8 nitrogen and oxygen atoms in total. The van der Waals surface area contributed by atoms with Crippen molar-refractivity contribution >= 4 is 23.1 Å². The normalized spacial score (nSPS) is 10.4. The SMILES string of the molecule is COc1cc(NC(=O)NCc2sc(-c3ccco3)nc2C)cc(OC)c1OC. The highest BCUT2D eigenvalue weighted by Gasteiger charge is 2.15. The molecular formula is C19H21N3O5S. The van der Waals surface area contributed by atoms with Gasteiger partial charge in [0.05, 0.1) is 45.5 Å². The Bertz CT molecular complexity index is 928. The van der Waals surface area contributed by atoms with Gasteiger partial charge in [-0.2, -0.15) is 0 Å². The highest BCUT2D eigenvalue weighted by Crippen LogP contribution is 2.39. The number of nitrogens with one attached hydrogen (secondary N) is 2. The van der Waals surface area contributed by atoms with Crippen LogP contribution >= 0.6 is 11.3 Å². The van der Waals surface area contributed by atoms with Gasteiger partial charge in [-0.1, -0.05) is 0 Å². The minimum atomic E-state index is -0.360. The summed E-state index contributed by atoms with van der Waals surface area (Å²) in [5.74, 6) is 2.08. The summed E-state index contributed by atoms with van der Waals surface area (Å²) >= 11 is 1.48. The van der Waals surface area contributed by atoms with Crippen LogP contribution in [0.5, 0.6) is 17.2 Å². The Labute approximate surface area is 166 Å². The zero-order valence-corrected chi connectivity index (χ0v) is 16.8. The van der Waals surface area contributed by atoms with Crippen molar-refractivity contribution in [1.29, 1.82) is 0 Å². The number of hydrogen-bond acceptors (Lipinski definition) is 7. The lowest BCUT2D eigenvalue weighted by Gasteiger charge is -2.14. The van der Waals surface area contributed by atoms with Crippen molar-refractivity contribution in [3.8, 4) is 28.0 Å². The Morgan fingerprint density at radius 1 is 1.18 bits per heavy atom. The zero-order chi connectivity index (χ0) is 20.1. The molecule has 148 valence electrons. The highest BCUT2D eigenvalue weighted by molar-refractivity contribution is 7.15. The van der Waals surface area contributed by atoms with Crippen LogP contribution in [-0.2, 0) is 6.54 Å². The van der Waals surface area contributed by atoms with Crippen LogP contribution in [0.15, 0.2) is 34.9 Å². The molecule has 3 rings (SSSR count). The van der Waals surface area contributed by atoms with E-state index in [2.05, 4.69) is 15.6 Å². The number of nitrogens with zero attached hydrogens (tertiary/aromatic N) is 1. The van der Waals surface area contributed by atoms with Gasteiger partial charge in [-0.25, -0.2) is 9.78 Å². The largest absolute Gasteiger partial charge is 0.493 e. The lowest BCUT2D eigenvalue weighted by Crippen LogP contribution is -2.28. The quantitative estimate of drug-likeness (QED) is 0.618. The molecule has 3 aromatic rings. The molecule has 2 heterocycles. The molecule has 0 bridgehead atoms. The molecule has 9 heteroatoms. The first-order valence-corrected chi connectivity index (χ1v) is 9.22. The second kappa shape index (κ2) is 8.66. The van der Waals surface area contributed by atoms with Crippen LogP contribution in [0.1, 0.15) is 10.6 Å². The Balaban J connectivity index is 1.66. The number of methoxy groups -OCH3 is 3. The lowest BCUT2D eigenvalue weighted by atomic mass is 10.2. The average Bonchev–Trinajstić information content (AvgIpc) is 3.35. The minimum Gasteiger partial charge on any atom is -0.493 e. The maximum Gasteiger partial charge on any atom is 0.319 e. The minimum absolute atomic E-state index is 0.348. The van der Waals surface area contributed by atoms with Gasteiger partial charge in [0, 0.05) is 17.0 Å². The van der Waals surface area contributed by atoms with Gasteiger partial charge in [0.25, 0.3) is 0 Å². The molecule has 2 N–H and O–H groups in total. The first-order valence-electron chi connectivity index (χ1n) is 8.40. The topological polar surface area (TPSA) is 94.9 Å². The number of furan rings is 1. The van der Waals surface area contributed by atoms with Crippen molar-refractivity contribution in [3.05, 3.63) is 41.1 Å². The van der Waals surface area contributed by atoms with E-state index >= 15 is 0 Å². The second-order valence-corrected chi connectivity index (χ2v) is 6.81. The van der Waals surface area contributed by atoms with Crippen LogP contribution in [0.25, 0.3) is 10.8 Å². The van der Waals surface area contributed by atoms with E-state index < -0.39 is 0 Å². The number of ether oxygens (including phenoxy) is 3. The van der Waals surface area contributed by atoms with Gasteiger partial charge in [0.1, 0.15) is 0 Å². The van der Waals surface area contributed by atoms with E-state index in [1.54, 1.807) is 18.4 Å². The van der Waals surface area contributed by atoms with E-state index in [0.29, 0.717) is 35.2 Å². The molecule has 1 aromatic carbocycles. The fraction of sp³-hybridized carbons (Fsp3) is 0.263. The second-order valence-electron chi connectivity index (χ2n) is 5.73. The van der Waals surface area contributed by atoms with Crippen LogP contribution in [0.4, 0.5) is 10.5 Å². The summed E-state index contributed by atoms with van der Waals surface area (Å²) in [6.45, 7) is 2.25. The maximum absolute atomic E-state index is 12.3. The monoisotopic (exact) mass is 403 g/mol. The molecule has 0 saturated heterocycles. The summed E-state index contributed by atoms with van der Waals surface area (Å²) in [6, 6.07) is 6.63. The number of hydrogen-bond donors (Lipinski definition) is 2. The molecule has 28 heavy (non-hydrogen) atoms.